The molecule has 2 N–H and O–H groups in total. The van der Waals surface area contributed by atoms with E-state index in [0.717, 1.165) is 23.3 Å². The normalized spacial score (nSPS) is 11.2. The van der Waals surface area contributed by atoms with Gasteiger partial charge in [-0.15, -0.1) is 10.2 Å². The van der Waals surface area contributed by atoms with Crippen molar-refractivity contribution in [3.63, 3.8) is 0 Å². The summed E-state index contributed by atoms with van der Waals surface area (Å²) in [6.07, 6.45) is 5.87. The zero-order chi connectivity index (χ0) is 21.1. The minimum absolute atomic E-state index is 0.0558. The first-order chi connectivity index (χ1) is 14.4. The maximum atomic E-state index is 13.0. The zero-order valence-electron chi connectivity index (χ0n) is 15.6. The standard InChI is InChI=1S/C18H15N7O3S2/c1-30(27,28)24-18-22-21-17(29-18)20-16(26)14-11-25(13-7-3-2-4-8-13)23-15(14)12-6-5-9-19-10-12/h2-11H,1H3,(H,22,24)(H,20,21,26). The van der Waals surface area contributed by atoms with E-state index >= 15 is 0 Å². The van der Waals surface area contributed by atoms with Crippen molar-refractivity contribution in [2.75, 3.05) is 16.3 Å². The van der Waals surface area contributed by atoms with Gasteiger partial charge >= 0.3 is 0 Å². The van der Waals surface area contributed by atoms with Crippen LogP contribution in [-0.2, 0) is 10.0 Å². The molecule has 152 valence electrons. The quantitative estimate of drug-likeness (QED) is 0.470. The van der Waals surface area contributed by atoms with Crippen LogP contribution in [0.1, 0.15) is 10.4 Å². The summed E-state index contributed by atoms with van der Waals surface area (Å²) < 4.78 is 26.5. The second-order valence-electron chi connectivity index (χ2n) is 6.15. The molecule has 0 radical (unpaired) electrons. The molecule has 4 aromatic rings. The number of amides is 1. The molecule has 1 aromatic carbocycles. The molecule has 3 aromatic heterocycles. The highest BCUT2D eigenvalue weighted by Gasteiger charge is 2.20. The van der Waals surface area contributed by atoms with Gasteiger partial charge in [0.05, 0.1) is 17.5 Å². The van der Waals surface area contributed by atoms with E-state index in [1.807, 2.05) is 30.3 Å². The number of hydrogen-bond acceptors (Lipinski definition) is 8. The van der Waals surface area contributed by atoms with Crippen LogP contribution < -0.4 is 10.0 Å². The lowest BCUT2D eigenvalue weighted by atomic mass is 10.1. The second-order valence-corrected chi connectivity index (χ2v) is 8.88. The Labute approximate surface area is 175 Å². The summed E-state index contributed by atoms with van der Waals surface area (Å²) in [6.45, 7) is 0. The molecule has 10 nitrogen and oxygen atoms in total. The smallest absolute Gasteiger partial charge is 0.261 e. The highest BCUT2D eigenvalue weighted by Crippen LogP contribution is 2.26. The summed E-state index contributed by atoms with van der Waals surface area (Å²) in [7, 11) is -3.49. The Morgan fingerprint density at radius 1 is 1.07 bits per heavy atom. The molecule has 12 heteroatoms. The lowest BCUT2D eigenvalue weighted by Crippen LogP contribution is -2.12. The number of rotatable bonds is 6. The molecule has 0 bridgehead atoms. The second kappa shape index (κ2) is 8.00. The van der Waals surface area contributed by atoms with Crippen molar-refractivity contribution in [3.05, 3.63) is 66.6 Å². The Kier molecular flexibility index (Phi) is 5.25. The summed E-state index contributed by atoms with van der Waals surface area (Å²) in [4.78, 5) is 17.1. The van der Waals surface area contributed by atoms with Gasteiger partial charge in [-0.2, -0.15) is 5.10 Å². The van der Waals surface area contributed by atoms with Crippen LogP contribution in [-0.4, -0.2) is 45.5 Å². The van der Waals surface area contributed by atoms with Gasteiger partial charge in [0, 0.05) is 24.2 Å². The highest BCUT2D eigenvalue weighted by molar-refractivity contribution is 7.92. The van der Waals surface area contributed by atoms with Crippen molar-refractivity contribution in [3.8, 4) is 16.9 Å². The topological polar surface area (TPSA) is 132 Å². The van der Waals surface area contributed by atoms with Crippen molar-refractivity contribution in [1.82, 2.24) is 25.0 Å². The van der Waals surface area contributed by atoms with E-state index in [9.17, 15) is 13.2 Å². The van der Waals surface area contributed by atoms with Crippen LogP contribution in [0.25, 0.3) is 16.9 Å². The number of anilines is 2. The number of hydrogen-bond donors (Lipinski definition) is 2. The fourth-order valence-electron chi connectivity index (χ4n) is 2.61. The molecule has 30 heavy (non-hydrogen) atoms. The third-order valence-electron chi connectivity index (χ3n) is 3.83. The van der Waals surface area contributed by atoms with E-state index in [1.54, 1.807) is 35.4 Å². The van der Waals surface area contributed by atoms with Gasteiger partial charge in [-0.25, -0.2) is 13.1 Å². The molecule has 0 atom stereocenters. The van der Waals surface area contributed by atoms with Crippen LogP contribution in [0, 0.1) is 0 Å². The fraction of sp³-hybridized carbons (Fsp3) is 0.0556. The van der Waals surface area contributed by atoms with Crippen LogP contribution in [0.4, 0.5) is 10.3 Å². The molecule has 0 unspecified atom stereocenters. The minimum Gasteiger partial charge on any atom is -0.296 e. The molecule has 0 aliphatic heterocycles. The first kappa shape index (κ1) is 19.7. The van der Waals surface area contributed by atoms with E-state index < -0.39 is 15.9 Å². The zero-order valence-corrected chi connectivity index (χ0v) is 17.2. The van der Waals surface area contributed by atoms with Gasteiger partial charge in [0.2, 0.25) is 20.3 Å². The van der Waals surface area contributed by atoms with E-state index in [1.165, 1.54) is 0 Å². The summed E-state index contributed by atoms with van der Waals surface area (Å²) in [5, 5.41) is 14.9. The largest absolute Gasteiger partial charge is 0.296 e. The lowest BCUT2D eigenvalue weighted by molar-refractivity contribution is 0.102. The number of benzene rings is 1. The lowest BCUT2D eigenvalue weighted by Gasteiger charge is -2.01. The fourth-order valence-corrected chi connectivity index (χ4v) is 4.08. The van der Waals surface area contributed by atoms with E-state index in [4.69, 9.17) is 0 Å². The Balaban J connectivity index is 1.67. The molecule has 0 saturated heterocycles. The Morgan fingerprint density at radius 3 is 2.53 bits per heavy atom. The number of nitrogens with one attached hydrogen (secondary N) is 2. The molecular formula is C18H15N7O3S2. The first-order valence-electron chi connectivity index (χ1n) is 8.57. The van der Waals surface area contributed by atoms with E-state index in [2.05, 4.69) is 30.3 Å². The van der Waals surface area contributed by atoms with Crippen LogP contribution >= 0.6 is 11.3 Å². The summed E-state index contributed by atoms with van der Waals surface area (Å²) >= 11 is 0.904. The number of carbonyl (C=O) groups is 1. The molecule has 0 fully saturated rings. The highest BCUT2D eigenvalue weighted by atomic mass is 32.2. The SMILES string of the molecule is CS(=O)(=O)Nc1nnc(NC(=O)c2cn(-c3ccccc3)nc2-c2cccnc2)s1. The summed E-state index contributed by atoms with van der Waals surface area (Å²) in [5.74, 6) is -0.460. The van der Waals surface area contributed by atoms with Crippen LogP contribution in [0.3, 0.4) is 0 Å². The maximum absolute atomic E-state index is 13.0. The van der Waals surface area contributed by atoms with E-state index in [-0.39, 0.29) is 10.3 Å². The Hall–Kier alpha value is -3.64. The predicted octanol–water partition coefficient (Wildman–Crippen LogP) is 2.41. The molecule has 1 amide bonds. The monoisotopic (exact) mass is 441 g/mol. The van der Waals surface area contributed by atoms with Crippen molar-refractivity contribution in [2.24, 2.45) is 0 Å². The number of para-hydroxylation sites is 1. The molecule has 0 spiro atoms. The van der Waals surface area contributed by atoms with Gasteiger partial charge in [0.15, 0.2) is 0 Å². The molecule has 0 aliphatic carbocycles. The molecule has 0 aliphatic rings. The van der Waals surface area contributed by atoms with Crippen molar-refractivity contribution < 1.29 is 13.2 Å². The molecule has 3 heterocycles. The Morgan fingerprint density at radius 2 is 1.83 bits per heavy atom. The summed E-state index contributed by atoms with van der Waals surface area (Å²) in [6, 6.07) is 12.9. The average Bonchev–Trinajstić information content (AvgIpc) is 3.35. The van der Waals surface area contributed by atoms with Crippen molar-refractivity contribution >= 4 is 37.5 Å². The first-order valence-corrected chi connectivity index (χ1v) is 11.3. The number of nitrogens with zero attached hydrogens (tertiary/aromatic N) is 5. The van der Waals surface area contributed by atoms with Crippen LogP contribution in [0.2, 0.25) is 0 Å². The van der Waals surface area contributed by atoms with Gasteiger partial charge in [-0.1, -0.05) is 29.5 Å². The Bertz CT molecular complexity index is 1290. The van der Waals surface area contributed by atoms with Gasteiger partial charge < -0.3 is 0 Å². The van der Waals surface area contributed by atoms with Crippen molar-refractivity contribution in [1.29, 1.82) is 0 Å². The molecular weight excluding hydrogens is 426 g/mol. The third-order valence-corrected chi connectivity index (χ3v) is 5.28. The number of sulfonamides is 1. The summed E-state index contributed by atoms with van der Waals surface area (Å²) in [5.41, 5.74) is 2.22. The molecule has 0 saturated carbocycles. The molecule has 4 rings (SSSR count). The van der Waals surface area contributed by atoms with Crippen molar-refractivity contribution in [2.45, 2.75) is 0 Å². The van der Waals surface area contributed by atoms with Crippen LogP contribution in [0.5, 0.6) is 0 Å². The third kappa shape index (κ3) is 4.50. The average molecular weight is 441 g/mol. The van der Waals surface area contributed by atoms with Gasteiger partial charge in [-0.05, 0) is 24.3 Å². The van der Waals surface area contributed by atoms with Gasteiger partial charge in [0.1, 0.15) is 5.69 Å². The minimum atomic E-state index is -3.49. The maximum Gasteiger partial charge on any atom is 0.261 e. The number of aromatic nitrogens is 5. The van der Waals surface area contributed by atoms with E-state index in [0.29, 0.717) is 16.8 Å². The van der Waals surface area contributed by atoms with Crippen LogP contribution in [0.15, 0.2) is 61.1 Å². The van der Waals surface area contributed by atoms with Gasteiger partial charge in [0.25, 0.3) is 5.91 Å². The number of carbonyl (C=O) groups excluding carboxylic acids is 1. The van der Waals surface area contributed by atoms with Gasteiger partial charge in [-0.3, -0.25) is 19.8 Å². The number of pyridine rings is 1. The predicted molar refractivity (Wildman–Crippen MR) is 113 cm³/mol.